The van der Waals surface area contributed by atoms with Crippen molar-refractivity contribution in [3.05, 3.63) is 10.7 Å². The molecule has 24 valence electrons. The van der Waals surface area contributed by atoms with Crippen LogP contribution in [0.3, 0.4) is 0 Å². The van der Waals surface area contributed by atoms with E-state index in [1.807, 2.05) is 0 Å². The maximum atomic E-state index is 8.47. The van der Waals surface area contributed by atoms with Crippen LogP contribution in [0.4, 0.5) is 0 Å². The Bertz CT molecular complexity index is 27.0. The Labute approximate surface area is 22.3 Å². The highest BCUT2D eigenvalue weighted by Crippen LogP contribution is 1.42. The monoisotopic (exact) mass is 61.0 g/mol. The van der Waals surface area contributed by atoms with Crippen molar-refractivity contribution in [1.29, 1.82) is 0 Å². The van der Waals surface area contributed by atoms with Crippen molar-refractivity contribution < 1.29 is 10.2 Å². The van der Waals surface area contributed by atoms with E-state index in [2.05, 4.69) is 0 Å². The van der Waals surface area contributed by atoms with Gasteiger partial charge in [-0.05, 0) is 5.02 Å². The molecule has 0 atom stereocenters. The molecule has 0 aromatic carbocycles. The quantitative estimate of drug-likeness (QED) is 0.314. The zero-order valence-electron chi connectivity index (χ0n) is 1.75. The van der Waals surface area contributed by atoms with Gasteiger partial charge in [0.25, 0.3) is 0 Å². The predicted octanol–water partition coefficient (Wildman–Crippen LogP) is -0.0925. The van der Waals surface area contributed by atoms with Crippen LogP contribution in [0.25, 0.3) is 5.53 Å². The fourth-order valence-electron chi connectivity index (χ4n) is 0. The van der Waals surface area contributed by atoms with Gasteiger partial charge in [-0.25, -0.2) is 0 Å². The van der Waals surface area contributed by atoms with Gasteiger partial charge in [-0.1, -0.05) is 0 Å². The largest absolute Gasteiger partial charge is 0.434 e. The van der Waals surface area contributed by atoms with Crippen LogP contribution in [-0.2, 0) is 0 Å². The molecule has 0 aliphatic heterocycles. The molecule has 0 unspecified atom stereocenters. The van der Waals surface area contributed by atoms with Crippen molar-refractivity contribution in [2.75, 3.05) is 0 Å². The lowest BCUT2D eigenvalue weighted by Gasteiger charge is -1.80. The van der Waals surface area contributed by atoms with Crippen LogP contribution in [0.1, 0.15) is 0 Å². The molecular formula is HN2O2-. The smallest absolute Gasteiger partial charge is 0.0479 e. The van der Waals surface area contributed by atoms with E-state index >= 15 is 0 Å². The topological polar surface area (TPSA) is 68.6 Å². The first-order chi connectivity index (χ1) is 1.73. The first kappa shape index (κ1) is 3.20. The van der Waals surface area contributed by atoms with Crippen molar-refractivity contribution in [3.8, 4) is 0 Å². The van der Waals surface area contributed by atoms with Gasteiger partial charge in [-0.3, -0.25) is 5.21 Å². The first-order valence-corrected chi connectivity index (χ1v) is 0.583. The number of nitrogens with zero attached hydrogens (tertiary/aromatic N) is 2. The van der Waals surface area contributed by atoms with E-state index in [0.717, 1.165) is 0 Å². The van der Waals surface area contributed by atoms with Gasteiger partial charge in [-0.15, -0.1) is 0 Å². The summed E-state index contributed by atoms with van der Waals surface area (Å²) in [7, 11) is 0. The SMILES string of the molecule is [N-]=[N+]([O-])O. The summed E-state index contributed by atoms with van der Waals surface area (Å²) in [5, 5.41) is 14.1. The zero-order chi connectivity index (χ0) is 3.58. The van der Waals surface area contributed by atoms with Crippen molar-refractivity contribution >= 4 is 0 Å². The molecule has 4 heteroatoms. The Morgan fingerprint density at radius 3 is 2.00 bits per heavy atom. The lowest BCUT2D eigenvalue weighted by Crippen LogP contribution is -1.79. The highest BCUT2D eigenvalue weighted by atomic mass is 16.8. The summed E-state index contributed by atoms with van der Waals surface area (Å²) in [5.74, 6) is 0. The van der Waals surface area contributed by atoms with Crippen LogP contribution in [0.2, 0.25) is 0 Å². The second-order valence-corrected chi connectivity index (χ2v) is 0.253. The highest BCUT2D eigenvalue weighted by Gasteiger charge is 1.38. The van der Waals surface area contributed by atoms with Gasteiger partial charge in [0.1, 0.15) is 0 Å². The van der Waals surface area contributed by atoms with Crippen LogP contribution in [0.5, 0.6) is 0 Å². The molecule has 0 bridgehead atoms. The number of hydrogen-bond donors (Lipinski definition) is 1. The predicted molar refractivity (Wildman–Crippen MR) is 8.77 cm³/mol. The summed E-state index contributed by atoms with van der Waals surface area (Å²) in [6, 6.07) is 0. The highest BCUT2D eigenvalue weighted by molar-refractivity contribution is 3.83. The molecule has 0 radical (unpaired) electrons. The molecule has 4 heavy (non-hydrogen) atoms. The normalized spacial score (nSPS) is 6.00. The fourth-order valence-corrected chi connectivity index (χ4v) is 0. The molecule has 0 rings (SSSR count). The zero-order valence-corrected chi connectivity index (χ0v) is 1.75. The third-order valence-electron chi connectivity index (χ3n) is 0. The average Bonchev–Trinajstić information content (AvgIpc) is 0.811. The van der Waals surface area contributed by atoms with Crippen molar-refractivity contribution in [2.45, 2.75) is 0 Å². The molecule has 0 spiro atoms. The fraction of sp³-hybridized carbons (Fsp3) is 0. The molecule has 1 N–H and O–H groups in total. The lowest BCUT2D eigenvalue weighted by atomic mass is 12.9. The minimum absolute atomic E-state index is 1.25. The summed E-state index contributed by atoms with van der Waals surface area (Å²) >= 11 is 0. The molecule has 0 amide bonds. The van der Waals surface area contributed by atoms with Crippen LogP contribution in [0, 0.1) is 5.21 Å². The first-order valence-electron chi connectivity index (χ1n) is 0.583. The van der Waals surface area contributed by atoms with Gasteiger partial charge in [0.2, 0.25) is 0 Å². The Hall–Kier alpha value is -0.800. The summed E-state index contributed by atoms with van der Waals surface area (Å²) in [5.41, 5.74) is 6.89. The standard InChI is InChI=1S/HN2O2/c1-2(3)4/h(H-,1,3,4)/q-1. The number of hydrogen-bond acceptors (Lipinski definition) is 1. The average molecular weight is 61.0 g/mol. The minimum atomic E-state index is -1.25. The molecular weight excluding hydrogens is 60.0 g/mol. The maximum absolute atomic E-state index is 8.47. The Kier molecular flexibility index (Phi) is 0.524. The Morgan fingerprint density at radius 1 is 2.00 bits per heavy atom. The lowest BCUT2D eigenvalue weighted by molar-refractivity contribution is -0.743. The molecule has 0 aromatic rings. The summed E-state index contributed by atoms with van der Waals surface area (Å²) in [6.07, 6.45) is 0. The van der Waals surface area contributed by atoms with Gasteiger partial charge in [-0.2, -0.15) is 0 Å². The summed E-state index contributed by atoms with van der Waals surface area (Å²) < 4.78 is 0. The third kappa shape index (κ3) is 0.0750. The molecule has 4 nitrogen and oxygen atoms in total. The minimum Gasteiger partial charge on any atom is -0.434 e. The third-order valence-corrected chi connectivity index (χ3v) is 0. The molecule has 0 saturated carbocycles. The summed E-state index contributed by atoms with van der Waals surface area (Å²) in [6.45, 7) is 0. The van der Waals surface area contributed by atoms with Crippen LogP contribution < -0.4 is 0 Å². The van der Waals surface area contributed by atoms with E-state index in [0.29, 0.717) is 0 Å². The molecule has 0 heterocycles. The molecule has 0 aliphatic carbocycles. The summed E-state index contributed by atoms with van der Waals surface area (Å²) in [4.78, 5) is 0. The van der Waals surface area contributed by atoms with Crippen molar-refractivity contribution in [2.24, 2.45) is 0 Å². The van der Waals surface area contributed by atoms with E-state index in [9.17, 15) is 0 Å². The second kappa shape index (κ2) is 0.655. The van der Waals surface area contributed by atoms with Crippen LogP contribution in [-0.4, -0.2) is 10.2 Å². The van der Waals surface area contributed by atoms with E-state index in [4.69, 9.17) is 15.9 Å². The second-order valence-electron chi connectivity index (χ2n) is 0.253. The van der Waals surface area contributed by atoms with Gasteiger partial charge >= 0.3 is 0 Å². The molecule has 0 saturated heterocycles. The Balaban J connectivity index is 2.80. The van der Waals surface area contributed by atoms with Crippen LogP contribution in [0.15, 0.2) is 0 Å². The van der Waals surface area contributed by atoms with Crippen LogP contribution >= 0.6 is 0 Å². The van der Waals surface area contributed by atoms with E-state index in [1.54, 1.807) is 0 Å². The van der Waals surface area contributed by atoms with Gasteiger partial charge in [0.15, 0.2) is 0 Å². The molecule has 0 aliphatic rings. The van der Waals surface area contributed by atoms with Crippen molar-refractivity contribution in [3.63, 3.8) is 0 Å². The Morgan fingerprint density at radius 2 is 2.00 bits per heavy atom. The maximum Gasteiger partial charge on any atom is -0.0479 e. The van der Waals surface area contributed by atoms with E-state index < -0.39 is 5.02 Å². The van der Waals surface area contributed by atoms with Gasteiger partial charge in [0, 0.05) is 0 Å². The van der Waals surface area contributed by atoms with E-state index in [1.165, 1.54) is 0 Å². The number of rotatable bonds is 0. The van der Waals surface area contributed by atoms with Gasteiger partial charge in [0.05, 0.1) is 0 Å². The van der Waals surface area contributed by atoms with Crippen molar-refractivity contribution in [1.82, 2.24) is 0 Å². The molecule has 0 aromatic heterocycles. The van der Waals surface area contributed by atoms with E-state index in [-0.39, 0.29) is 0 Å². The molecule has 0 fully saturated rings. The van der Waals surface area contributed by atoms with Gasteiger partial charge < -0.3 is 10.7 Å².